The molecule has 4 rings (SSSR count). The molecule has 1 aromatic heterocycles. The maximum Gasteiger partial charge on any atom is 0.323 e. The first-order valence-electron chi connectivity index (χ1n) is 10.1. The zero-order valence-corrected chi connectivity index (χ0v) is 17.6. The lowest BCUT2D eigenvalue weighted by molar-refractivity contribution is 0.209. The van der Waals surface area contributed by atoms with E-state index in [1.165, 1.54) is 18.3 Å². The summed E-state index contributed by atoms with van der Waals surface area (Å²) in [6.45, 7) is 2.64. The Labute approximate surface area is 188 Å². The number of anilines is 3. The van der Waals surface area contributed by atoms with Crippen molar-refractivity contribution in [3.05, 3.63) is 71.7 Å². The van der Waals surface area contributed by atoms with Crippen molar-refractivity contribution in [2.75, 3.05) is 22.5 Å². The number of fused-ring (bicyclic) bond motifs is 1. The van der Waals surface area contributed by atoms with E-state index in [2.05, 4.69) is 20.9 Å². The standard InChI is InChI=1S/C23H19FN6O3/c1-2-30-13-17-19(9-10-26-21(17)29-23(30)32)33-20-8-7-16(11-18(20)24)28-22(31)27-15-5-3-14(12-25)4-6-15/h3-11H,2,13H2,1H3,(H,26,29,32)(H2,27,28,31). The first kappa shape index (κ1) is 21.6. The third-order valence-electron chi connectivity index (χ3n) is 4.94. The zero-order valence-electron chi connectivity index (χ0n) is 17.6. The molecule has 0 saturated carbocycles. The smallest absolute Gasteiger partial charge is 0.323 e. The Kier molecular flexibility index (Phi) is 6.04. The highest BCUT2D eigenvalue weighted by Gasteiger charge is 2.25. The SMILES string of the molecule is CCN1Cc2c(Oc3ccc(NC(=O)Nc4ccc(C#N)cc4)cc3F)ccnc2NC1=O. The van der Waals surface area contributed by atoms with Crippen LogP contribution < -0.4 is 20.7 Å². The molecule has 4 amide bonds. The molecule has 0 unspecified atom stereocenters. The van der Waals surface area contributed by atoms with Crippen LogP contribution in [0.5, 0.6) is 11.5 Å². The van der Waals surface area contributed by atoms with Crippen LogP contribution in [0.3, 0.4) is 0 Å². The molecule has 1 aliphatic heterocycles. The predicted octanol–water partition coefficient (Wildman–Crippen LogP) is 4.90. The Morgan fingerprint density at radius 1 is 1.18 bits per heavy atom. The Morgan fingerprint density at radius 3 is 2.61 bits per heavy atom. The van der Waals surface area contributed by atoms with Gasteiger partial charge in [-0.25, -0.2) is 19.0 Å². The number of nitriles is 1. The monoisotopic (exact) mass is 446 g/mol. The fraction of sp³-hybridized carbons (Fsp3) is 0.130. The minimum Gasteiger partial charge on any atom is -0.454 e. The fourth-order valence-electron chi connectivity index (χ4n) is 3.23. The molecule has 0 saturated heterocycles. The van der Waals surface area contributed by atoms with Crippen LogP contribution >= 0.6 is 0 Å². The van der Waals surface area contributed by atoms with Crippen molar-refractivity contribution in [2.45, 2.75) is 13.5 Å². The number of aromatic nitrogens is 1. The number of halogens is 1. The van der Waals surface area contributed by atoms with Crippen molar-refractivity contribution in [1.82, 2.24) is 9.88 Å². The highest BCUT2D eigenvalue weighted by molar-refractivity contribution is 5.99. The van der Waals surface area contributed by atoms with Gasteiger partial charge >= 0.3 is 12.1 Å². The van der Waals surface area contributed by atoms with Gasteiger partial charge in [0.05, 0.1) is 23.7 Å². The third-order valence-corrected chi connectivity index (χ3v) is 4.94. The Hall–Kier alpha value is -4.65. The molecule has 3 aromatic rings. The Balaban J connectivity index is 1.45. The van der Waals surface area contributed by atoms with Crippen LogP contribution in [0.15, 0.2) is 54.7 Å². The van der Waals surface area contributed by atoms with Crippen molar-refractivity contribution in [3.63, 3.8) is 0 Å². The van der Waals surface area contributed by atoms with Crippen molar-refractivity contribution >= 4 is 29.3 Å². The van der Waals surface area contributed by atoms with Crippen molar-refractivity contribution in [1.29, 1.82) is 5.26 Å². The molecule has 0 spiro atoms. The summed E-state index contributed by atoms with van der Waals surface area (Å²) in [6, 6.07) is 13.1. The van der Waals surface area contributed by atoms with Crippen LogP contribution in [0.1, 0.15) is 18.1 Å². The van der Waals surface area contributed by atoms with E-state index < -0.39 is 11.8 Å². The normalized spacial score (nSPS) is 12.3. The first-order valence-corrected chi connectivity index (χ1v) is 10.1. The minimum absolute atomic E-state index is 0.0404. The molecule has 0 atom stereocenters. The van der Waals surface area contributed by atoms with E-state index in [9.17, 15) is 14.0 Å². The molecule has 0 fully saturated rings. The maximum atomic E-state index is 14.7. The summed E-state index contributed by atoms with van der Waals surface area (Å²) < 4.78 is 20.5. The number of carbonyl (C=O) groups excluding carboxylic acids is 2. The van der Waals surface area contributed by atoms with Crippen LogP contribution in [-0.4, -0.2) is 28.5 Å². The van der Waals surface area contributed by atoms with Gasteiger partial charge in [0.15, 0.2) is 11.6 Å². The van der Waals surface area contributed by atoms with E-state index in [1.807, 2.05) is 13.0 Å². The van der Waals surface area contributed by atoms with Crippen molar-refractivity contribution in [3.8, 4) is 17.6 Å². The van der Waals surface area contributed by atoms with Gasteiger partial charge in [0, 0.05) is 30.2 Å². The molecule has 166 valence electrons. The van der Waals surface area contributed by atoms with Crippen LogP contribution in [0.25, 0.3) is 0 Å². The van der Waals surface area contributed by atoms with Gasteiger partial charge < -0.3 is 20.3 Å². The first-order chi connectivity index (χ1) is 16.0. The molecule has 1 aliphatic rings. The summed E-state index contributed by atoms with van der Waals surface area (Å²) >= 11 is 0. The summed E-state index contributed by atoms with van der Waals surface area (Å²) in [5, 5.41) is 16.7. The number of nitrogens with zero attached hydrogens (tertiary/aromatic N) is 3. The molecule has 2 aromatic carbocycles. The van der Waals surface area contributed by atoms with Gasteiger partial charge in [0.2, 0.25) is 0 Å². The molecule has 3 N–H and O–H groups in total. The minimum atomic E-state index is -0.677. The van der Waals surface area contributed by atoms with E-state index >= 15 is 0 Å². The Morgan fingerprint density at radius 2 is 1.91 bits per heavy atom. The fourth-order valence-corrected chi connectivity index (χ4v) is 3.23. The van der Waals surface area contributed by atoms with Gasteiger partial charge in [0.25, 0.3) is 0 Å². The largest absolute Gasteiger partial charge is 0.454 e. The number of ether oxygens (including phenoxy) is 1. The third kappa shape index (κ3) is 4.83. The van der Waals surface area contributed by atoms with E-state index in [0.29, 0.717) is 34.9 Å². The van der Waals surface area contributed by atoms with E-state index in [0.717, 1.165) is 6.07 Å². The molecule has 10 heteroatoms. The summed E-state index contributed by atoms with van der Waals surface area (Å²) in [5.41, 5.74) is 1.83. The summed E-state index contributed by atoms with van der Waals surface area (Å²) in [4.78, 5) is 29.9. The zero-order chi connectivity index (χ0) is 23.4. The summed E-state index contributed by atoms with van der Waals surface area (Å²) in [5.74, 6) is 0.0299. The van der Waals surface area contributed by atoms with E-state index in [4.69, 9.17) is 10.00 Å². The molecule has 0 radical (unpaired) electrons. The molecular weight excluding hydrogens is 427 g/mol. The van der Waals surface area contributed by atoms with Crippen LogP contribution in [0.2, 0.25) is 0 Å². The van der Waals surface area contributed by atoms with Gasteiger partial charge in [-0.2, -0.15) is 5.26 Å². The maximum absolute atomic E-state index is 14.7. The van der Waals surface area contributed by atoms with Gasteiger partial charge in [-0.05, 0) is 49.4 Å². The molecule has 0 aliphatic carbocycles. The second-order valence-corrected chi connectivity index (χ2v) is 7.10. The second-order valence-electron chi connectivity index (χ2n) is 7.10. The molecule has 2 heterocycles. The lowest BCUT2D eigenvalue weighted by Crippen LogP contribution is -2.38. The predicted molar refractivity (Wildman–Crippen MR) is 120 cm³/mol. The van der Waals surface area contributed by atoms with Crippen LogP contribution in [-0.2, 0) is 6.54 Å². The highest BCUT2D eigenvalue weighted by Crippen LogP contribution is 2.34. The topological polar surface area (TPSA) is 119 Å². The van der Waals surface area contributed by atoms with E-state index in [1.54, 1.807) is 35.2 Å². The van der Waals surface area contributed by atoms with Crippen LogP contribution in [0.4, 0.5) is 31.2 Å². The van der Waals surface area contributed by atoms with Crippen molar-refractivity contribution in [2.24, 2.45) is 0 Å². The van der Waals surface area contributed by atoms with Gasteiger partial charge in [-0.15, -0.1) is 0 Å². The number of amides is 4. The lowest BCUT2D eigenvalue weighted by Gasteiger charge is -2.28. The average Bonchev–Trinajstić information content (AvgIpc) is 2.81. The number of urea groups is 2. The summed E-state index contributed by atoms with van der Waals surface area (Å²) in [6.07, 6.45) is 1.47. The quantitative estimate of drug-likeness (QED) is 0.515. The summed E-state index contributed by atoms with van der Waals surface area (Å²) in [7, 11) is 0. The van der Waals surface area contributed by atoms with Crippen molar-refractivity contribution < 1.29 is 18.7 Å². The number of rotatable bonds is 5. The van der Waals surface area contributed by atoms with Gasteiger partial charge in [-0.3, -0.25) is 5.32 Å². The highest BCUT2D eigenvalue weighted by atomic mass is 19.1. The number of nitrogens with one attached hydrogen (secondary N) is 3. The van der Waals surface area contributed by atoms with Crippen LogP contribution in [0, 0.1) is 17.1 Å². The number of hydrogen-bond donors (Lipinski definition) is 3. The van der Waals surface area contributed by atoms with E-state index in [-0.39, 0.29) is 24.0 Å². The number of pyridine rings is 1. The number of benzene rings is 2. The number of hydrogen-bond acceptors (Lipinski definition) is 5. The number of carbonyl (C=O) groups is 2. The molecular formula is C23H19FN6O3. The van der Waals surface area contributed by atoms with Gasteiger partial charge in [-0.1, -0.05) is 0 Å². The lowest BCUT2D eigenvalue weighted by atomic mass is 10.2. The average molecular weight is 446 g/mol. The second kappa shape index (κ2) is 9.23. The molecule has 0 bridgehead atoms. The van der Waals surface area contributed by atoms with Gasteiger partial charge in [0.1, 0.15) is 11.6 Å². The molecule has 9 nitrogen and oxygen atoms in total. The Bertz CT molecular complexity index is 1260. The molecule has 33 heavy (non-hydrogen) atoms.